The van der Waals surface area contributed by atoms with Crippen LogP contribution >= 0.6 is 54.5 Å². The predicted molar refractivity (Wildman–Crippen MR) is 157 cm³/mol. The van der Waals surface area contributed by atoms with E-state index in [-0.39, 0.29) is 5.57 Å². The zero-order valence-electron chi connectivity index (χ0n) is 19.8. The highest BCUT2D eigenvalue weighted by molar-refractivity contribution is 14.1. The maximum atomic E-state index is 13.3. The van der Waals surface area contributed by atoms with Gasteiger partial charge in [-0.1, -0.05) is 50.1 Å². The molecule has 4 rings (SSSR count). The van der Waals surface area contributed by atoms with Gasteiger partial charge in [-0.25, -0.2) is 9.69 Å². The quantitative estimate of drug-likeness (QED) is 0.164. The molecule has 0 atom stereocenters. The monoisotopic (exact) mass is 738 g/mol. The highest BCUT2D eigenvalue weighted by Gasteiger charge is 2.37. The Morgan fingerprint density at radius 1 is 1.00 bits per heavy atom. The van der Waals surface area contributed by atoms with E-state index >= 15 is 0 Å². The van der Waals surface area contributed by atoms with Crippen LogP contribution in [-0.4, -0.2) is 24.5 Å². The molecule has 0 bridgehead atoms. The summed E-state index contributed by atoms with van der Waals surface area (Å²) in [5, 5.41) is 2.26. The molecule has 7 nitrogen and oxygen atoms in total. The number of nitrogens with zero attached hydrogens (tertiary/aromatic N) is 1. The molecule has 1 heterocycles. The minimum atomic E-state index is -0.797. The van der Waals surface area contributed by atoms with Crippen LogP contribution in [0.15, 0.2) is 69.1 Å². The third-order valence-electron chi connectivity index (χ3n) is 5.47. The van der Waals surface area contributed by atoms with Gasteiger partial charge < -0.3 is 9.47 Å². The number of halogens is 3. The fourth-order valence-corrected chi connectivity index (χ4v) is 5.09. The third kappa shape index (κ3) is 6.07. The van der Waals surface area contributed by atoms with Crippen LogP contribution in [0.3, 0.4) is 0 Å². The lowest BCUT2D eigenvalue weighted by atomic mass is 10.1. The van der Waals surface area contributed by atoms with Crippen LogP contribution in [0.5, 0.6) is 11.5 Å². The fourth-order valence-electron chi connectivity index (χ4n) is 3.67. The van der Waals surface area contributed by atoms with Crippen molar-refractivity contribution >= 4 is 84.1 Å². The van der Waals surface area contributed by atoms with E-state index in [1.807, 2.05) is 38.1 Å². The average molecular weight is 740 g/mol. The molecule has 1 fully saturated rings. The van der Waals surface area contributed by atoms with Gasteiger partial charge in [0.1, 0.15) is 12.2 Å². The smallest absolute Gasteiger partial charge is 0.335 e. The van der Waals surface area contributed by atoms with Crippen molar-refractivity contribution in [2.45, 2.75) is 20.5 Å². The first-order chi connectivity index (χ1) is 17.7. The van der Waals surface area contributed by atoms with Crippen molar-refractivity contribution in [3.63, 3.8) is 0 Å². The molecule has 0 unspecified atom stereocenters. The minimum Gasteiger partial charge on any atom is -0.490 e. The van der Waals surface area contributed by atoms with Gasteiger partial charge in [0.05, 0.1) is 15.9 Å². The highest BCUT2D eigenvalue weighted by atomic mass is 127. The van der Waals surface area contributed by atoms with Crippen molar-refractivity contribution in [3.05, 3.63) is 89.4 Å². The Bertz CT molecular complexity index is 1440. The maximum absolute atomic E-state index is 13.3. The summed E-state index contributed by atoms with van der Waals surface area (Å²) >= 11 is 9.07. The normalized spacial score (nSPS) is 14.7. The number of benzene rings is 3. The van der Waals surface area contributed by atoms with Crippen molar-refractivity contribution in [2.75, 3.05) is 11.5 Å². The topological polar surface area (TPSA) is 84.9 Å². The summed E-state index contributed by atoms with van der Waals surface area (Å²) in [6.45, 7) is 4.42. The number of carbonyl (C=O) groups excluding carboxylic acids is 3. The maximum Gasteiger partial charge on any atom is 0.335 e. The second kappa shape index (κ2) is 11.8. The molecule has 1 saturated heterocycles. The fraction of sp³-hybridized carbons (Fsp3) is 0.148. The molecule has 4 amide bonds. The van der Waals surface area contributed by atoms with Crippen LogP contribution in [0.1, 0.15) is 23.6 Å². The number of anilines is 1. The van der Waals surface area contributed by atoms with Gasteiger partial charge in [-0.05, 0) is 90.0 Å². The number of carbonyl (C=O) groups is 3. The van der Waals surface area contributed by atoms with Gasteiger partial charge in [0.2, 0.25) is 0 Å². The van der Waals surface area contributed by atoms with Crippen molar-refractivity contribution in [1.82, 2.24) is 5.32 Å². The largest absolute Gasteiger partial charge is 0.490 e. The summed E-state index contributed by atoms with van der Waals surface area (Å²) in [7, 11) is 0. The van der Waals surface area contributed by atoms with Crippen LogP contribution in [-0.2, 0) is 16.2 Å². The summed E-state index contributed by atoms with van der Waals surface area (Å²) in [6.07, 6.45) is 1.45. The number of rotatable bonds is 7. The van der Waals surface area contributed by atoms with Crippen molar-refractivity contribution < 1.29 is 23.9 Å². The zero-order valence-corrected chi connectivity index (χ0v) is 25.1. The molecule has 3 aromatic carbocycles. The number of barbiturate groups is 1. The zero-order chi connectivity index (χ0) is 26.7. The van der Waals surface area contributed by atoms with Gasteiger partial charge in [0, 0.05) is 14.5 Å². The Balaban J connectivity index is 1.67. The highest BCUT2D eigenvalue weighted by Crippen LogP contribution is 2.36. The van der Waals surface area contributed by atoms with E-state index in [9.17, 15) is 14.4 Å². The van der Waals surface area contributed by atoms with Crippen molar-refractivity contribution in [1.29, 1.82) is 0 Å². The van der Waals surface area contributed by atoms with Gasteiger partial charge in [-0.15, -0.1) is 0 Å². The summed E-state index contributed by atoms with van der Waals surface area (Å²) < 4.78 is 14.4. The van der Waals surface area contributed by atoms with E-state index in [4.69, 9.17) is 9.47 Å². The number of hydrogen-bond donors (Lipinski definition) is 1. The van der Waals surface area contributed by atoms with E-state index < -0.39 is 17.8 Å². The number of amides is 4. The van der Waals surface area contributed by atoms with Crippen molar-refractivity contribution in [2.24, 2.45) is 0 Å². The Hall–Kier alpha value is -2.70. The van der Waals surface area contributed by atoms with Crippen LogP contribution in [0.25, 0.3) is 6.08 Å². The first-order valence-electron chi connectivity index (χ1n) is 11.2. The van der Waals surface area contributed by atoms with E-state index in [1.165, 1.54) is 6.08 Å². The molecule has 0 saturated carbocycles. The molecular formula is C27H21Br2IN2O5. The number of ether oxygens (including phenoxy) is 2. The SMILES string of the molecule is CCOc1cc(/C=C2/C(=O)NC(=O)N(c3ccc(Br)c(C)c3)C2=O)cc(I)c1OCc1ccccc1Br. The molecule has 37 heavy (non-hydrogen) atoms. The van der Waals surface area contributed by atoms with Crippen molar-refractivity contribution in [3.8, 4) is 11.5 Å². The van der Waals surface area contributed by atoms with Gasteiger partial charge in [0.15, 0.2) is 11.5 Å². The van der Waals surface area contributed by atoms with Crippen LogP contribution in [0.4, 0.5) is 10.5 Å². The van der Waals surface area contributed by atoms with Crippen LogP contribution in [0, 0.1) is 10.5 Å². The van der Waals surface area contributed by atoms with E-state index in [0.29, 0.717) is 36.0 Å². The lowest BCUT2D eigenvalue weighted by Gasteiger charge is -2.26. The molecule has 0 spiro atoms. The van der Waals surface area contributed by atoms with Gasteiger partial charge in [-0.3, -0.25) is 14.9 Å². The standard InChI is InChI=1S/C27H21Br2IN2O5/c1-3-36-23-13-16(12-22(30)24(23)37-14-17-6-4-5-7-21(17)29)11-19-25(33)31-27(35)32(26(19)34)18-8-9-20(28)15(2)10-18/h4-13H,3,14H2,1-2H3,(H,31,33,35)/b19-11-. The predicted octanol–water partition coefficient (Wildman–Crippen LogP) is 6.77. The third-order valence-corrected chi connectivity index (χ3v) is 7.94. The van der Waals surface area contributed by atoms with Crippen LogP contribution < -0.4 is 19.7 Å². The second-order valence-electron chi connectivity index (χ2n) is 8.03. The Labute approximate surface area is 244 Å². The molecule has 1 N–H and O–H groups in total. The summed E-state index contributed by atoms with van der Waals surface area (Å²) in [5.41, 5.74) is 2.57. The minimum absolute atomic E-state index is 0.166. The van der Waals surface area contributed by atoms with E-state index in [1.54, 1.807) is 30.3 Å². The van der Waals surface area contributed by atoms with Crippen LogP contribution in [0.2, 0.25) is 0 Å². The molecule has 1 aliphatic rings. The molecular weight excluding hydrogens is 719 g/mol. The number of hydrogen-bond acceptors (Lipinski definition) is 5. The van der Waals surface area contributed by atoms with E-state index in [2.05, 4.69) is 59.8 Å². The lowest BCUT2D eigenvalue weighted by molar-refractivity contribution is -0.122. The second-order valence-corrected chi connectivity index (χ2v) is 10.9. The first-order valence-corrected chi connectivity index (χ1v) is 13.9. The Morgan fingerprint density at radius 3 is 2.46 bits per heavy atom. The van der Waals surface area contributed by atoms with E-state index in [0.717, 1.165) is 28.5 Å². The number of aryl methyl sites for hydroxylation is 1. The first kappa shape index (κ1) is 27.3. The molecule has 190 valence electrons. The molecule has 0 radical (unpaired) electrons. The molecule has 0 aliphatic carbocycles. The molecule has 0 aromatic heterocycles. The summed E-state index contributed by atoms with van der Waals surface area (Å²) in [6, 6.07) is 15.5. The molecule has 1 aliphatic heterocycles. The van der Waals surface area contributed by atoms with Gasteiger partial charge in [-0.2, -0.15) is 0 Å². The number of nitrogens with one attached hydrogen (secondary N) is 1. The Kier molecular flexibility index (Phi) is 8.71. The lowest BCUT2D eigenvalue weighted by Crippen LogP contribution is -2.54. The molecule has 3 aromatic rings. The van der Waals surface area contributed by atoms with Gasteiger partial charge in [0.25, 0.3) is 11.8 Å². The average Bonchev–Trinajstić information content (AvgIpc) is 2.84. The van der Waals surface area contributed by atoms with Gasteiger partial charge >= 0.3 is 6.03 Å². The summed E-state index contributed by atoms with van der Waals surface area (Å²) in [4.78, 5) is 39.5. The number of urea groups is 1. The number of imide groups is 2. The summed E-state index contributed by atoms with van der Waals surface area (Å²) in [5.74, 6) is -0.435. The Morgan fingerprint density at radius 2 is 1.76 bits per heavy atom. The molecule has 10 heteroatoms.